The van der Waals surface area contributed by atoms with Gasteiger partial charge in [-0.3, -0.25) is 4.79 Å². The fourth-order valence-corrected chi connectivity index (χ4v) is 2.91. The first-order chi connectivity index (χ1) is 12.0. The highest BCUT2D eigenvalue weighted by Gasteiger charge is 2.16. The summed E-state index contributed by atoms with van der Waals surface area (Å²) in [6.45, 7) is 6.48. The van der Waals surface area contributed by atoms with E-state index in [1.54, 1.807) is 7.11 Å². The van der Waals surface area contributed by atoms with Gasteiger partial charge in [-0.2, -0.15) is 0 Å². The van der Waals surface area contributed by atoms with Crippen molar-refractivity contribution in [3.63, 3.8) is 0 Å². The van der Waals surface area contributed by atoms with E-state index in [0.717, 1.165) is 29.7 Å². The number of rotatable bonds is 8. The Morgan fingerprint density at radius 2 is 1.60 bits per heavy atom. The van der Waals surface area contributed by atoms with Crippen molar-refractivity contribution in [3.8, 4) is 5.75 Å². The second kappa shape index (κ2) is 9.26. The Morgan fingerprint density at radius 3 is 2.12 bits per heavy atom. The minimum absolute atomic E-state index is 0.0216. The van der Waals surface area contributed by atoms with Crippen molar-refractivity contribution in [2.24, 2.45) is 5.92 Å². The zero-order chi connectivity index (χ0) is 18.2. The van der Waals surface area contributed by atoms with E-state index in [4.69, 9.17) is 4.74 Å². The molecule has 1 N–H and O–H groups in total. The number of hydrogen-bond donors (Lipinski definition) is 1. The Morgan fingerprint density at radius 1 is 1.00 bits per heavy atom. The molecule has 0 saturated heterocycles. The summed E-state index contributed by atoms with van der Waals surface area (Å²) in [5.74, 6) is 1.39. The van der Waals surface area contributed by atoms with Crippen LogP contribution in [0.5, 0.6) is 5.75 Å². The molecule has 0 aliphatic carbocycles. The lowest BCUT2D eigenvalue weighted by molar-refractivity contribution is -0.121. The number of methoxy groups -OCH3 is 1. The molecular weight excluding hydrogens is 310 g/mol. The monoisotopic (exact) mass is 339 g/mol. The van der Waals surface area contributed by atoms with Crippen molar-refractivity contribution in [2.75, 3.05) is 7.11 Å². The maximum Gasteiger partial charge on any atom is 0.224 e. The minimum Gasteiger partial charge on any atom is -0.497 e. The first-order valence-corrected chi connectivity index (χ1v) is 9.03. The maximum atomic E-state index is 12.5. The Hall–Kier alpha value is -2.29. The van der Waals surface area contributed by atoms with Crippen LogP contribution in [0, 0.1) is 5.92 Å². The van der Waals surface area contributed by atoms with Crippen LogP contribution >= 0.6 is 0 Å². The number of carbonyl (C=O) groups is 1. The van der Waals surface area contributed by atoms with Crippen molar-refractivity contribution in [1.82, 2.24) is 5.32 Å². The third kappa shape index (κ3) is 5.93. The van der Waals surface area contributed by atoms with Crippen LogP contribution in [0.1, 0.15) is 49.9 Å². The van der Waals surface area contributed by atoms with Crippen molar-refractivity contribution < 1.29 is 9.53 Å². The average Bonchev–Trinajstić information content (AvgIpc) is 2.61. The lowest BCUT2D eigenvalue weighted by Crippen LogP contribution is -2.30. The van der Waals surface area contributed by atoms with Crippen LogP contribution < -0.4 is 10.1 Å². The van der Waals surface area contributed by atoms with Crippen molar-refractivity contribution >= 4 is 5.91 Å². The number of carbonyl (C=O) groups excluding carboxylic acids is 1. The maximum absolute atomic E-state index is 12.5. The Bertz CT molecular complexity index is 659. The average molecular weight is 339 g/mol. The summed E-state index contributed by atoms with van der Waals surface area (Å²) in [6, 6.07) is 16.2. The highest BCUT2D eigenvalue weighted by Crippen LogP contribution is 2.23. The van der Waals surface area contributed by atoms with Gasteiger partial charge in [0.1, 0.15) is 5.75 Å². The molecule has 3 nitrogen and oxygen atoms in total. The number of hydrogen-bond acceptors (Lipinski definition) is 2. The predicted molar refractivity (Wildman–Crippen MR) is 103 cm³/mol. The highest BCUT2D eigenvalue weighted by atomic mass is 16.5. The van der Waals surface area contributed by atoms with Crippen molar-refractivity contribution in [1.29, 1.82) is 0 Å². The summed E-state index contributed by atoms with van der Waals surface area (Å²) in [6.07, 6.45) is 2.34. The molecular formula is C22H29NO2. The largest absolute Gasteiger partial charge is 0.497 e. The summed E-state index contributed by atoms with van der Waals surface area (Å²) in [5, 5.41) is 3.20. The van der Waals surface area contributed by atoms with Crippen molar-refractivity contribution in [3.05, 3.63) is 65.2 Å². The van der Waals surface area contributed by atoms with E-state index in [9.17, 15) is 4.79 Å². The summed E-state index contributed by atoms with van der Waals surface area (Å²) >= 11 is 0. The lowest BCUT2D eigenvalue weighted by Gasteiger charge is -2.21. The van der Waals surface area contributed by atoms with E-state index >= 15 is 0 Å². The molecule has 0 radical (unpaired) electrons. The van der Waals surface area contributed by atoms with Gasteiger partial charge in [0, 0.05) is 0 Å². The zero-order valence-electron chi connectivity index (χ0n) is 15.7. The Balaban J connectivity index is 2.05. The van der Waals surface area contributed by atoms with Crippen LogP contribution in [0.3, 0.4) is 0 Å². The van der Waals surface area contributed by atoms with Crippen LogP contribution in [0.25, 0.3) is 0 Å². The number of nitrogens with one attached hydrogen (secondary N) is 1. The molecule has 0 heterocycles. The van der Waals surface area contributed by atoms with Gasteiger partial charge < -0.3 is 10.1 Å². The molecule has 0 aliphatic heterocycles. The van der Waals surface area contributed by atoms with E-state index in [1.165, 1.54) is 5.56 Å². The molecule has 0 aromatic heterocycles. The molecule has 134 valence electrons. The first kappa shape index (κ1) is 19.0. The third-order valence-corrected chi connectivity index (χ3v) is 4.36. The summed E-state index contributed by atoms with van der Waals surface area (Å²) in [4.78, 5) is 12.5. The van der Waals surface area contributed by atoms with Gasteiger partial charge in [-0.05, 0) is 47.6 Å². The van der Waals surface area contributed by atoms with Crippen LogP contribution in [0.2, 0.25) is 0 Å². The third-order valence-electron chi connectivity index (χ3n) is 4.36. The second-order valence-corrected chi connectivity index (χ2v) is 6.87. The molecule has 2 aromatic carbocycles. The standard InChI is InChI=1S/C22H29NO2/c1-5-17-6-8-18(9-7-17)15-22(24)23-21(14-16(2)3)19-10-12-20(25-4)13-11-19/h6-13,16,21H,5,14-15H2,1-4H3,(H,23,24)/t21-/m1/s1. The van der Waals surface area contributed by atoms with Gasteiger partial charge in [0.25, 0.3) is 0 Å². The molecule has 1 amide bonds. The Kier molecular flexibility index (Phi) is 7.05. The van der Waals surface area contributed by atoms with Crippen LogP contribution in [0.4, 0.5) is 0 Å². The van der Waals surface area contributed by atoms with Gasteiger partial charge in [0.15, 0.2) is 0 Å². The molecule has 25 heavy (non-hydrogen) atoms. The first-order valence-electron chi connectivity index (χ1n) is 9.03. The summed E-state index contributed by atoms with van der Waals surface area (Å²) in [7, 11) is 1.66. The lowest BCUT2D eigenvalue weighted by atomic mass is 9.96. The topological polar surface area (TPSA) is 38.3 Å². The smallest absolute Gasteiger partial charge is 0.224 e. The molecule has 0 fully saturated rings. The number of benzene rings is 2. The van der Waals surface area contributed by atoms with Gasteiger partial charge in [-0.1, -0.05) is 57.2 Å². The fraction of sp³-hybridized carbons (Fsp3) is 0.409. The van der Waals surface area contributed by atoms with Gasteiger partial charge in [-0.25, -0.2) is 0 Å². The highest BCUT2D eigenvalue weighted by molar-refractivity contribution is 5.79. The van der Waals surface area contributed by atoms with E-state index in [2.05, 4.69) is 38.2 Å². The number of amides is 1. The van der Waals surface area contributed by atoms with Gasteiger partial charge in [0.05, 0.1) is 19.6 Å². The SMILES string of the molecule is CCc1ccc(CC(=O)N[C@H](CC(C)C)c2ccc(OC)cc2)cc1. The molecule has 1 atom stereocenters. The van der Waals surface area contributed by atoms with Crippen LogP contribution in [-0.2, 0) is 17.6 Å². The summed E-state index contributed by atoms with van der Waals surface area (Å²) in [5.41, 5.74) is 3.46. The normalized spacial score (nSPS) is 12.0. The molecule has 2 aromatic rings. The predicted octanol–water partition coefficient (Wildman–Crippen LogP) is 4.70. The zero-order valence-corrected chi connectivity index (χ0v) is 15.7. The second-order valence-electron chi connectivity index (χ2n) is 6.87. The van der Waals surface area contributed by atoms with Gasteiger partial charge >= 0.3 is 0 Å². The number of aryl methyl sites for hydroxylation is 1. The van der Waals surface area contributed by atoms with E-state index in [1.807, 2.05) is 36.4 Å². The van der Waals surface area contributed by atoms with E-state index < -0.39 is 0 Å². The molecule has 0 aliphatic rings. The Labute approximate surface area is 151 Å². The van der Waals surface area contributed by atoms with Gasteiger partial charge in [0.2, 0.25) is 5.91 Å². The molecule has 0 unspecified atom stereocenters. The van der Waals surface area contributed by atoms with Gasteiger partial charge in [-0.15, -0.1) is 0 Å². The van der Waals surface area contributed by atoms with Crippen LogP contribution in [0.15, 0.2) is 48.5 Å². The number of ether oxygens (including phenoxy) is 1. The quantitative estimate of drug-likeness (QED) is 0.757. The minimum atomic E-state index is 0.0216. The molecule has 3 heteroatoms. The fourth-order valence-electron chi connectivity index (χ4n) is 2.91. The molecule has 0 saturated carbocycles. The molecule has 0 bridgehead atoms. The van der Waals surface area contributed by atoms with Crippen LogP contribution in [-0.4, -0.2) is 13.0 Å². The van der Waals surface area contributed by atoms with E-state index in [0.29, 0.717) is 12.3 Å². The summed E-state index contributed by atoms with van der Waals surface area (Å²) < 4.78 is 5.22. The molecule has 0 spiro atoms. The van der Waals surface area contributed by atoms with Crippen molar-refractivity contribution in [2.45, 2.75) is 46.1 Å². The molecule has 2 rings (SSSR count). The van der Waals surface area contributed by atoms with E-state index in [-0.39, 0.29) is 11.9 Å².